The molecular weight excluding hydrogens is 400 g/mol. The molecule has 1 aliphatic carbocycles. The van der Waals surface area contributed by atoms with Crippen molar-refractivity contribution in [1.82, 2.24) is 9.96 Å². The summed E-state index contributed by atoms with van der Waals surface area (Å²) in [4.78, 5) is 44.6. The van der Waals surface area contributed by atoms with E-state index in [0.29, 0.717) is 17.6 Å². The van der Waals surface area contributed by atoms with Crippen molar-refractivity contribution >= 4 is 17.9 Å². The molecule has 0 radical (unpaired) electrons. The monoisotopic (exact) mass is 426 g/mol. The smallest absolute Gasteiger partial charge is 0.417 e. The zero-order valence-electron chi connectivity index (χ0n) is 18.2. The summed E-state index contributed by atoms with van der Waals surface area (Å²) in [6.07, 6.45) is 2.12. The topological polar surface area (TPSA) is 85.4 Å². The third kappa shape index (κ3) is 3.61. The molecule has 1 fully saturated rings. The number of nitrogens with zero attached hydrogens (tertiary/aromatic N) is 2. The Kier molecular flexibility index (Phi) is 5.13. The van der Waals surface area contributed by atoms with Gasteiger partial charge in [-0.05, 0) is 51.3 Å². The number of likely N-dealkylation sites (tertiary alicyclic amines) is 1. The lowest BCUT2D eigenvalue weighted by molar-refractivity contribution is -0.201. The van der Waals surface area contributed by atoms with E-state index in [2.05, 4.69) is 0 Å². The molecule has 8 nitrogen and oxygen atoms in total. The van der Waals surface area contributed by atoms with E-state index in [0.717, 1.165) is 16.2 Å². The Labute approximate surface area is 181 Å². The van der Waals surface area contributed by atoms with Crippen molar-refractivity contribution in [3.05, 3.63) is 58.9 Å². The minimum absolute atomic E-state index is 0.254. The van der Waals surface area contributed by atoms with Crippen LogP contribution >= 0.6 is 0 Å². The first-order valence-corrected chi connectivity index (χ1v) is 10.2. The highest BCUT2D eigenvalue weighted by Gasteiger charge is 2.53. The first-order valence-electron chi connectivity index (χ1n) is 10.2. The minimum atomic E-state index is -0.782. The highest BCUT2D eigenvalue weighted by molar-refractivity contribution is 6.06. The Hall–Kier alpha value is -3.13. The minimum Gasteiger partial charge on any atom is -0.472 e. The van der Waals surface area contributed by atoms with Gasteiger partial charge in [0.2, 0.25) is 6.23 Å². The standard InChI is InChI=1S/C23H26N2O6/c1-13-10-18(25(29-5)20(13)26)30-12-17-16-11-14-8-6-7-9-15(14)19(16)24(21(17)27)22(28)31-23(2,3)4/h6-10,12,16,18-19H,11H2,1-5H3. The zero-order chi connectivity index (χ0) is 22.5. The van der Waals surface area contributed by atoms with Gasteiger partial charge in [0, 0.05) is 11.5 Å². The van der Waals surface area contributed by atoms with Gasteiger partial charge in [-0.25, -0.2) is 9.69 Å². The summed E-state index contributed by atoms with van der Waals surface area (Å²) in [6.45, 7) is 6.95. The van der Waals surface area contributed by atoms with Gasteiger partial charge in [0.25, 0.3) is 11.8 Å². The van der Waals surface area contributed by atoms with Gasteiger partial charge in [-0.1, -0.05) is 24.3 Å². The van der Waals surface area contributed by atoms with Crippen LogP contribution in [0.5, 0.6) is 0 Å². The molecule has 3 atom stereocenters. The summed E-state index contributed by atoms with van der Waals surface area (Å²) >= 11 is 0. The molecule has 0 N–H and O–H groups in total. The van der Waals surface area contributed by atoms with E-state index in [9.17, 15) is 14.4 Å². The largest absolute Gasteiger partial charge is 0.472 e. The number of hydrogen-bond donors (Lipinski definition) is 0. The molecule has 0 spiro atoms. The van der Waals surface area contributed by atoms with Gasteiger partial charge in [0.15, 0.2) is 0 Å². The lowest BCUT2D eigenvalue weighted by Crippen LogP contribution is -2.39. The van der Waals surface area contributed by atoms with Crippen molar-refractivity contribution < 1.29 is 28.7 Å². The van der Waals surface area contributed by atoms with Crippen LogP contribution in [-0.2, 0) is 30.3 Å². The summed E-state index contributed by atoms with van der Waals surface area (Å²) in [5.74, 6) is -1.01. The molecule has 4 rings (SSSR count). The van der Waals surface area contributed by atoms with Gasteiger partial charge >= 0.3 is 6.09 Å². The molecule has 2 aliphatic heterocycles. The van der Waals surface area contributed by atoms with Gasteiger partial charge in [-0.3, -0.25) is 14.4 Å². The van der Waals surface area contributed by atoms with Crippen LogP contribution in [0.4, 0.5) is 4.79 Å². The maximum Gasteiger partial charge on any atom is 0.417 e. The number of imide groups is 1. The zero-order valence-corrected chi connectivity index (χ0v) is 18.2. The Morgan fingerprint density at radius 1 is 1.16 bits per heavy atom. The molecule has 0 bridgehead atoms. The van der Waals surface area contributed by atoms with Crippen LogP contribution in [0, 0.1) is 5.92 Å². The van der Waals surface area contributed by atoms with Gasteiger partial charge in [0.1, 0.15) is 5.60 Å². The molecule has 3 unspecified atom stereocenters. The Morgan fingerprint density at radius 2 is 1.87 bits per heavy atom. The van der Waals surface area contributed by atoms with E-state index in [1.165, 1.54) is 18.3 Å². The third-order valence-electron chi connectivity index (χ3n) is 5.62. The first kappa shape index (κ1) is 21.1. The third-order valence-corrected chi connectivity index (χ3v) is 5.62. The molecule has 164 valence electrons. The average molecular weight is 426 g/mol. The lowest BCUT2D eigenvalue weighted by atomic mass is 9.97. The molecule has 8 heteroatoms. The van der Waals surface area contributed by atoms with E-state index >= 15 is 0 Å². The van der Waals surface area contributed by atoms with Crippen molar-refractivity contribution in [3.63, 3.8) is 0 Å². The number of hydroxylamine groups is 2. The number of rotatable bonds is 3. The number of amides is 3. The summed E-state index contributed by atoms with van der Waals surface area (Å²) < 4.78 is 11.3. The van der Waals surface area contributed by atoms with Gasteiger partial charge < -0.3 is 9.47 Å². The maximum atomic E-state index is 13.3. The fourth-order valence-electron chi connectivity index (χ4n) is 4.31. The van der Waals surface area contributed by atoms with Crippen LogP contribution in [0.15, 0.2) is 47.7 Å². The molecule has 1 saturated heterocycles. The molecule has 31 heavy (non-hydrogen) atoms. The van der Waals surface area contributed by atoms with Crippen molar-refractivity contribution in [1.29, 1.82) is 0 Å². The van der Waals surface area contributed by atoms with E-state index in [4.69, 9.17) is 14.3 Å². The second kappa shape index (κ2) is 7.53. The number of fused-ring (bicyclic) bond motifs is 3. The van der Waals surface area contributed by atoms with E-state index in [-0.39, 0.29) is 11.8 Å². The molecule has 3 aliphatic rings. The van der Waals surface area contributed by atoms with Crippen molar-refractivity contribution in [2.45, 2.75) is 52.0 Å². The summed E-state index contributed by atoms with van der Waals surface area (Å²) in [6, 6.07) is 7.31. The number of carbonyl (C=O) groups excluding carboxylic acids is 3. The summed E-state index contributed by atoms with van der Waals surface area (Å²) in [5, 5.41) is 1.10. The number of carbonyl (C=O) groups is 3. The van der Waals surface area contributed by atoms with Crippen LogP contribution in [0.25, 0.3) is 0 Å². The molecule has 1 aromatic carbocycles. The number of hydrogen-bond acceptors (Lipinski definition) is 6. The average Bonchev–Trinajstić information content (AvgIpc) is 3.27. The molecule has 1 aromatic rings. The van der Waals surface area contributed by atoms with Crippen LogP contribution in [0.1, 0.15) is 44.9 Å². The van der Waals surface area contributed by atoms with Crippen LogP contribution in [0.2, 0.25) is 0 Å². The maximum absolute atomic E-state index is 13.3. The fourth-order valence-corrected chi connectivity index (χ4v) is 4.31. The number of benzene rings is 1. The number of ether oxygens (including phenoxy) is 2. The van der Waals surface area contributed by atoms with E-state index in [1.54, 1.807) is 33.8 Å². The van der Waals surface area contributed by atoms with Gasteiger partial charge in [-0.2, -0.15) is 5.06 Å². The lowest BCUT2D eigenvalue weighted by Gasteiger charge is -2.27. The van der Waals surface area contributed by atoms with Crippen LogP contribution in [0.3, 0.4) is 0 Å². The Bertz CT molecular complexity index is 1010. The highest BCUT2D eigenvalue weighted by Crippen LogP contribution is 2.50. The van der Waals surface area contributed by atoms with Gasteiger partial charge in [0.05, 0.1) is 25.0 Å². The fraction of sp³-hybridized carbons (Fsp3) is 0.435. The molecule has 0 saturated carbocycles. The molecule has 3 amide bonds. The SMILES string of the molecule is CON1C(=O)C(C)=CC1OC=C1C(=O)N(C(=O)OC(C)(C)C)C2c3ccccc3CC12. The van der Waals surface area contributed by atoms with Crippen LogP contribution in [-0.4, -0.2) is 46.8 Å². The normalized spacial score (nSPS) is 26.3. The second-order valence-electron chi connectivity index (χ2n) is 8.87. The molecule has 0 aromatic heterocycles. The van der Waals surface area contributed by atoms with E-state index < -0.39 is 29.9 Å². The predicted molar refractivity (Wildman–Crippen MR) is 110 cm³/mol. The quantitative estimate of drug-likeness (QED) is 0.545. The van der Waals surface area contributed by atoms with Crippen LogP contribution < -0.4 is 0 Å². The van der Waals surface area contributed by atoms with E-state index in [1.807, 2.05) is 24.3 Å². The molecular formula is C23H26N2O6. The summed E-state index contributed by atoms with van der Waals surface area (Å²) in [7, 11) is 1.38. The Morgan fingerprint density at radius 3 is 2.55 bits per heavy atom. The second-order valence-corrected chi connectivity index (χ2v) is 8.87. The van der Waals surface area contributed by atoms with Crippen molar-refractivity contribution in [2.75, 3.05) is 7.11 Å². The van der Waals surface area contributed by atoms with Crippen molar-refractivity contribution in [3.8, 4) is 0 Å². The predicted octanol–water partition coefficient (Wildman–Crippen LogP) is 3.25. The van der Waals surface area contributed by atoms with Gasteiger partial charge in [-0.15, -0.1) is 0 Å². The first-order chi connectivity index (χ1) is 14.6. The Balaban J connectivity index is 1.67. The highest BCUT2D eigenvalue weighted by atomic mass is 16.7. The molecule has 2 heterocycles. The summed E-state index contributed by atoms with van der Waals surface area (Å²) in [5.41, 5.74) is 2.13. The van der Waals surface area contributed by atoms with Crippen molar-refractivity contribution in [2.24, 2.45) is 5.92 Å².